The Morgan fingerprint density at radius 2 is 1.81 bits per heavy atom. The van der Waals surface area contributed by atoms with E-state index in [-0.39, 0.29) is 11.7 Å². The van der Waals surface area contributed by atoms with Crippen LogP contribution in [0, 0.1) is 42.2 Å². The molecule has 4 atom stereocenters. The van der Waals surface area contributed by atoms with Crippen LogP contribution in [0.15, 0.2) is 54.7 Å². The number of phenols is 1. The van der Waals surface area contributed by atoms with Crippen LogP contribution in [0.3, 0.4) is 0 Å². The second-order valence-electron chi connectivity index (χ2n) is 13.0. The zero-order valence-electron chi connectivity index (χ0n) is 23.2. The van der Waals surface area contributed by atoms with Crippen molar-refractivity contribution in [2.45, 2.75) is 45.2 Å². The summed E-state index contributed by atoms with van der Waals surface area (Å²) in [6, 6.07) is 14.2. The van der Waals surface area contributed by atoms with Crippen molar-refractivity contribution >= 4 is 22.3 Å². The van der Waals surface area contributed by atoms with Crippen LogP contribution >= 0.6 is 0 Å². The van der Waals surface area contributed by atoms with Crippen molar-refractivity contribution in [1.82, 2.24) is 19.1 Å². The van der Waals surface area contributed by atoms with E-state index < -0.39 is 11.6 Å². The lowest BCUT2D eigenvalue weighted by Gasteiger charge is -2.52. The highest BCUT2D eigenvalue weighted by atomic mass is 19.1. The van der Waals surface area contributed by atoms with E-state index in [1.165, 1.54) is 24.6 Å². The molecular formula is C34H30F2N4O2. The summed E-state index contributed by atoms with van der Waals surface area (Å²) in [5.41, 5.74) is 5.58. The number of hydrogen-bond acceptors (Lipinski definition) is 3. The maximum absolute atomic E-state index is 15.7. The fourth-order valence-electron chi connectivity index (χ4n) is 8.07. The third kappa shape index (κ3) is 3.41. The first-order chi connectivity index (χ1) is 20.3. The number of carbonyl (C=O) groups excluding carboxylic acids is 1. The van der Waals surface area contributed by atoms with Crippen molar-refractivity contribution in [1.29, 1.82) is 0 Å². The van der Waals surface area contributed by atoms with Crippen LogP contribution in [-0.2, 0) is 6.54 Å². The standard InChI is InChI=1S/C34H30F2N4O2/c1-17-32(37-40-16-24(10-26(36)33(17)40)34(42)39-15-23-8-22-13-28(39)31(22)23)29-12-21-5-4-20(19-6-7-30(41)25(35)9-19)11-27(21)38(29)14-18-2-3-18/h4-7,9-12,16,18,22-23,28,31,41H,2-3,8,13-15H2,1H3/t22?,23?,28?,31-/m1/s1. The number of phenolic OH excluding ortho intramolecular Hbond substituents is 1. The lowest BCUT2D eigenvalue weighted by molar-refractivity contribution is -0.0204. The molecule has 1 amide bonds. The van der Waals surface area contributed by atoms with Gasteiger partial charge in [-0.15, -0.1) is 0 Å². The van der Waals surface area contributed by atoms with Crippen molar-refractivity contribution in [3.8, 4) is 28.3 Å². The molecule has 6 nitrogen and oxygen atoms in total. The lowest BCUT2D eigenvalue weighted by atomic mass is 9.53. The molecule has 4 heterocycles. The fraction of sp³-hybridized carbons (Fsp3) is 0.353. The van der Waals surface area contributed by atoms with Crippen LogP contribution in [0.5, 0.6) is 5.75 Å². The fourth-order valence-corrected chi connectivity index (χ4v) is 8.07. The van der Waals surface area contributed by atoms with Gasteiger partial charge in [-0.1, -0.05) is 18.2 Å². The molecule has 1 N–H and O–H groups in total. The smallest absolute Gasteiger partial charge is 0.255 e. The summed E-state index contributed by atoms with van der Waals surface area (Å²) >= 11 is 0. The Morgan fingerprint density at radius 1 is 1.00 bits per heavy atom. The van der Waals surface area contributed by atoms with Gasteiger partial charge in [-0.05, 0) is 97.7 Å². The van der Waals surface area contributed by atoms with Crippen molar-refractivity contribution in [3.63, 3.8) is 0 Å². The van der Waals surface area contributed by atoms with Gasteiger partial charge in [-0.2, -0.15) is 5.10 Å². The Hall–Kier alpha value is -4.20. The van der Waals surface area contributed by atoms with Gasteiger partial charge in [0.25, 0.3) is 5.91 Å². The quantitative estimate of drug-likeness (QED) is 0.255. The number of hydrogen-bond donors (Lipinski definition) is 1. The van der Waals surface area contributed by atoms with Crippen LogP contribution in [0.2, 0.25) is 0 Å². The number of rotatable bonds is 5. The molecule has 3 aromatic heterocycles. The number of amides is 1. The van der Waals surface area contributed by atoms with Gasteiger partial charge in [-0.3, -0.25) is 4.79 Å². The molecule has 3 unspecified atom stereocenters. The predicted molar refractivity (Wildman–Crippen MR) is 155 cm³/mol. The summed E-state index contributed by atoms with van der Waals surface area (Å²) in [5.74, 6) is 1.06. The number of likely N-dealkylation sites (tertiary alicyclic amines) is 1. The molecule has 1 aliphatic heterocycles. The minimum absolute atomic E-state index is 0.0932. The summed E-state index contributed by atoms with van der Waals surface area (Å²) in [7, 11) is 0. The molecule has 4 aliphatic rings. The van der Waals surface area contributed by atoms with Crippen LogP contribution < -0.4 is 0 Å². The first kappa shape index (κ1) is 24.4. The van der Waals surface area contributed by atoms with E-state index >= 15 is 4.39 Å². The summed E-state index contributed by atoms with van der Waals surface area (Å²) in [6.07, 6.45) is 6.32. The third-order valence-electron chi connectivity index (χ3n) is 10.5. The molecule has 4 fully saturated rings. The first-order valence-electron chi connectivity index (χ1n) is 15.0. The van der Waals surface area contributed by atoms with E-state index in [1.807, 2.05) is 30.0 Å². The summed E-state index contributed by atoms with van der Waals surface area (Å²) in [6.45, 7) is 3.48. The van der Waals surface area contributed by atoms with Crippen LogP contribution in [0.25, 0.3) is 38.9 Å². The second kappa shape index (κ2) is 8.43. The number of fused-ring (bicyclic) bond motifs is 2. The van der Waals surface area contributed by atoms with Gasteiger partial charge >= 0.3 is 0 Å². The van der Waals surface area contributed by atoms with E-state index in [4.69, 9.17) is 5.10 Å². The van der Waals surface area contributed by atoms with Crippen LogP contribution in [0.1, 0.15) is 41.6 Å². The minimum atomic E-state index is -0.657. The molecule has 8 heteroatoms. The average Bonchev–Trinajstić information content (AvgIpc) is 3.63. The number of benzene rings is 2. The zero-order chi connectivity index (χ0) is 28.4. The topological polar surface area (TPSA) is 62.8 Å². The van der Waals surface area contributed by atoms with Crippen LogP contribution in [0.4, 0.5) is 8.78 Å². The molecule has 3 saturated carbocycles. The summed E-state index contributed by atoms with van der Waals surface area (Å²) < 4.78 is 33.6. The Kier molecular flexibility index (Phi) is 4.90. The Balaban J connectivity index is 1.14. The second-order valence-corrected chi connectivity index (χ2v) is 13.0. The first-order valence-corrected chi connectivity index (χ1v) is 15.0. The highest BCUT2D eigenvalue weighted by Crippen LogP contribution is 2.60. The van der Waals surface area contributed by atoms with Gasteiger partial charge in [0.1, 0.15) is 17.0 Å². The van der Waals surface area contributed by atoms with Crippen molar-refractivity contribution < 1.29 is 18.7 Å². The van der Waals surface area contributed by atoms with E-state index in [9.17, 15) is 14.3 Å². The average molecular weight is 565 g/mol. The maximum atomic E-state index is 15.7. The molecule has 0 radical (unpaired) electrons. The van der Waals surface area contributed by atoms with Gasteiger partial charge in [0.2, 0.25) is 0 Å². The molecular weight excluding hydrogens is 534 g/mol. The molecule has 9 rings (SSSR count). The number of nitrogens with zero attached hydrogens (tertiary/aromatic N) is 4. The van der Waals surface area contributed by atoms with Gasteiger partial charge in [0.15, 0.2) is 11.6 Å². The van der Waals surface area contributed by atoms with E-state index in [1.54, 1.807) is 16.8 Å². The predicted octanol–water partition coefficient (Wildman–Crippen LogP) is 6.81. The number of halogens is 2. The largest absolute Gasteiger partial charge is 0.505 e. The molecule has 5 aromatic rings. The molecule has 3 aliphatic carbocycles. The lowest BCUT2D eigenvalue weighted by Crippen LogP contribution is -2.53. The number of carbonyl (C=O) groups is 1. The summed E-state index contributed by atoms with van der Waals surface area (Å²) in [4.78, 5) is 15.5. The van der Waals surface area contributed by atoms with E-state index in [0.29, 0.717) is 46.1 Å². The van der Waals surface area contributed by atoms with Crippen LogP contribution in [-0.4, -0.2) is 42.7 Å². The van der Waals surface area contributed by atoms with E-state index in [2.05, 4.69) is 10.6 Å². The molecule has 42 heavy (non-hydrogen) atoms. The number of pyridine rings is 1. The minimum Gasteiger partial charge on any atom is -0.505 e. The van der Waals surface area contributed by atoms with Gasteiger partial charge in [0.05, 0.1) is 11.3 Å². The van der Waals surface area contributed by atoms with Gasteiger partial charge in [-0.25, -0.2) is 13.3 Å². The molecule has 212 valence electrons. The van der Waals surface area contributed by atoms with Crippen molar-refractivity contribution in [3.05, 3.63) is 77.5 Å². The summed E-state index contributed by atoms with van der Waals surface area (Å²) in [5, 5.41) is 15.5. The van der Waals surface area contributed by atoms with E-state index in [0.717, 1.165) is 66.0 Å². The Morgan fingerprint density at radius 3 is 2.57 bits per heavy atom. The SMILES string of the molecule is Cc1c(-c2cc3ccc(-c4ccc(O)c(F)c4)cc3n2CC2CC2)nn2cc(C(=O)N3CC4CC5CC3[C@H]54)cc(F)c12. The Bertz CT molecular complexity index is 1970. The number of aryl methyl sites for hydroxylation is 1. The Labute approximate surface area is 241 Å². The molecule has 1 saturated heterocycles. The zero-order valence-corrected chi connectivity index (χ0v) is 23.2. The highest BCUT2D eigenvalue weighted by molar-refractivity contribution is 5.95. The maximum Gasteiger partial charge on any atom is 0.255 e. The number of aromatic nitrogens is 3. The normalized spacial score (nSPS) is 24.2. The monoisotopic (exact) mass is 564 g/mol. The van der Waals surface area contributed by atoms with Gasteiger partial charge in [0, 0.05) is 41.8 Å². The number of aromatic hydroxyl groups is 1. The molecule has 0 spiro atoms. The third-order valence-corrected chi connectivity index (χ3v) is 10.5. The molecule has 2 aromatic carbocycles. The molecule has 0 bridgehead atoms. The van der Waals surface area contributed by atoms with Crippen molar-refractivity contribution in [2.24, 2.45) is 23.7 Å². The van der Waals surface area contributed by atoms with Crippen molar-refractivity contribution in [2.75, 3.05) is 6.54 Å². The van der Waals surface area contributed by atoms with Gasteiger partial charge < -0.3 is 14.6 Å². The highest BCUT2D eigenvalue weighted by Gasteiger charge is 2.61.